The maximum Gasteiger partial charge on any atom is 0.229 e. The Balaban J connectivity index is 2.18. The van der Waals surface area contributed by atoms with Gasteiger partial charge in [0.25, 0.3) is 0 Å². The molecule has 1 aliphatic rings. The second-order valence-corrected chi connectivity index (χ2v) is 6.27. The van der Waals surface area contributed by atoms with Crippen LogP contribution in [0.15, 0.2) is 24.3 Å². The molecule has 2 rings (SSSR count). The summed E-state index contributed by atoms with van der Waals surface area (Å²) in [5, 5.41) is 0. The number of nitrogens with zero attached hydrogens (tertiary/aromatic N) is 1. The fourth-order valence-electron chi connectivity index (χ4n) is 3.51. The van der Waals surface area contributed by atoms with Crippen molar-refractivity contribution in [3.05, 3.63) is 29.8 Å². The Morgan fingerprint density at radius 1 is 1.24 bits per heavy atom. The highest BCUT2D eigenvalue weighted by molar-refractivity contribution is 5.83. The molecule has 1 aromatic rings. The molecule has 0 radical (unpaired) electrons. The van der Waals surface area contributed by atoms with E-state index in [1.165, 1.54) is 12.8 Å². The van der Waals surface area contributed by atoms with Crippen molar-refractivity contribution in [3.63, 3.8) is 0 Å². The summed E-state index contributed by atoms with van der Waals surface area (Å²) in [5.74, 6) is 0.340. The maximum absolute atomic E-state index is 13.1. The second kappa shape index (κ2) is 6.97. The van der Waals surface area contributed by atoms with Crippen molar-refractivity contribution in [2.75, 3.05) is 12.3 Å². The Labute approximate surface area is 128 Å². The molecule has 1 aromatic carbocycles. The number of hydrogen-bond donors (Lipinski definition) is 1. The van der Waals surface area contributed by atoms with Crippen molar-refractivity contribution in [1.29, 1.82) is 0 Å². The quantitative estimate of drug-likeness (QED) is 0.805. The first-order valence-electron chi connectivity index (χ1n) is 8.25. The third-order valence-electron chi connectivity index (χ3n) is 4.89. The minimum Gasteiger partial charge on any atom is -0.398 e. The zero-order valence-corrected chi connectivity index (χ0v) is 13.4. The Morgan fingerprint density at radius 2 is 1.90 bits per heavy atom. The molecule has 0 spiro atoms. The lowest BCUT2D eigenvalue weighted by Crippen LogP contribution is -2.42. The summed E-state index contributed by atoms with van der Waals surface area (Å²) in [5.41, 5.74) is 7.77. The molecular formula is C18H28N2O. The average Bonchev–Trinajstić information content (AvgIpc) is 2.98. The van der Waals surface area contributed by atoms with Crippen LogP contribution >= 0.6 is 0 Å². The van der Waals surface area contributed by atoms with E-state index in [4.69, 9.17) is 5.73 Å². The van der Waals surface area contributed by atoms with E-state index in [1.54, 1.807) is 0 Å². The van der Waals surface area contributed by atoms with E-state index in [2.05, 4.69) is 13.8 Å². The first kappa shape index (κ1) is 15.9. The Hall–Kier alpha value is -1.51. The van der Waals surface area contributed by atoms with E-state index in [1.807, 2.05) is 29.2 Å². The zero-order chi connectivity index (χ0) is 15.3. The van der Waals surface area contributed by atoms with Gasteiger partial charge in [0.05, 0.1) is 0 Å². The van der Waals surface area contributed by atoms with Gasteiger partial charge in [0, 0.05) is 24.2 Å². The topological polar surface area (TPSA) is 46.3 Å². The third-order valence-corrected chi connectivity index (χ3v) is 4.89. The van der Waals surface area contributed by atoms with Crippen molar-refractivity contribution < 1.29 is 4.79 Å². The molecule has 0 atom stereocenters. The minimum atomic E-state index is -0.112. The lowest BCUT2D eigenvalue weighted by molar-refractivity contribution is -0.143. The van der Waals surface area contributed by atoms with Crippen LogP contribution in [-0.2, 0) is 11.3 Å². The van der Waals surface area contributed by atoms with Crippen LogP contribution in [0.2, 0.25) is 0 Å². The number of amides is 1. The summed E-state index contributed by atoms with van der Waals surface area (Å²) in [6, 6.07) is 7.87. The molecule has 0 aromatic heterocycles. The molecule has 0 saturated heterocycles. The van der Waals surface area contributed by atoms with Crippen LogP contribution < -0.4 is 5.73 Å². The van der Waals surface area contributed by atoms with Gasteiger partial charge in [-0.05, 0) is 37.3 Å². The highest BCUT2D eigenvalue weighted by Crippen LogP contribution is 2.42. The highest BCUT2D eigenvalue weighted by atomic mass is 16.2. The van der Waals surface area contributed by atoms with Crippen LogP contribution in [-0.4, -0.2) is 17.4 Å². The fourth-order valence-corrected chi connectivity index (χ4v) is 3.51. The van der Waals surface area contributed by atoms with E-state index in [0.29, 0.717) is 12.5 Å². The SMILES string of the molecule is CCCN(Cc1ccccc1N)C(=O)C1(CC)CCCC1. The monoisotopic (exact) mass is 288 g/mol. The largest absolute Gasteiger partial charge is 0.398 e. The van der Waals surface area contributed by atoms with Gasteiger partial charge in [-0.15, -0.1) is 0 Å². The molecule has 1 fully saturated rings. The molecule has 3 heteroatoms. The number of carbonyl (C=O) groups is 1. The first-order valence-corrected chi connectivity index (χ1v) is 8.25. The van der Waals surface area contributed by atoms with Crippen molar-refractivity contribution in [3.8, 4) is 0 Å². The molecule has 0 heterocycles. The number of benzene rings is 1. The Morgan fingerprint density at radius 3 is 2.48 bits per heavy atom. The molecule has 0 aliphatic heterocycles. The number of nitrogens with two attached hydrogens (primary N) is 1. The normalized spacial score (nSPS) is 16.9. The summed E-state index contributed by atoms with van der Waals surface area (Å²) in [7, 11) is 0. The van der Waals surface area contributed by atoms with Gasteiger partial charge in [-0.1, -0.05) is 44.9 Å². The lowest BCUT2D eigenvalue weighted by Gasteiger charge is -2.34. The predicted molar refractivity (Wildman–Crippen MR) is 87.8 cm³/mol. The van der Waals surface area contributed by atoms with Crippen LogP contribution in [0, 0.1) is 5.41 Å². The number of carbonyl (C=O) groups excluding carboxylic acids is 1. The zero-order valence-electron chi connectivity index (χ0n) is 13.4. The number of anilines is 1. The number of nitrogen functional groups attached to an aromatic ring is 1. The molecule has 21 heavy (non-hydrogen) atoms. The molecule has 1 amide bonds. The van der Waals surface area contributed by atoms with Crippen LogP contribution in [0.5, 0.6) is 0 Å². The fraction of sp³-hybridized carbons (Fsp3) is 0.611. The predicted octanol–water partition coefficient (Wildman–Crippen LogP) is 3.98. The molecule has 0 bridgehead atoms. The van der Waals surface area contributed by atoms with Gasteiger partial charge in [0.2, 0.25) is 5.91 Å². The van der Waals surface area contributed by atoms with Gasteiger partial charge in [-0.2, -0.15) is 0 Å². The molecule has 1 aliphatic carbocycles. The van der Waals surface area contributed by atoms with E-state index < -0.39 is 0 Å². The van der Waals surface area contributed by atoms with Crippen LogP contribution in [0.25, 0.3) is 0 Å². The molecule has 1 saturated carbocycles. The van der Waals surface area contributed by atoms with Crippen molar-refractivity contribution in [2.24, 2.45) is 5.41 Å². The minimum absolute atomic E-state index is 0.112. The smallest absolute Gasteiger partial charge is 0.229 e. The molecule has 0 unspecified atom stereocenters. The van der Waals surface area contributed by atoms with Crippen molar-refractivity contribution >= 4 is 11.6 Å². The Bertz CT molecular complexity index is 478. The summed E-state index contributed by atoms with van der Waals surface area (Å²) in [6.07, 6.45) is 6.41. The average molecular weight is 288 g/mol. The summed E-state index contributed by atoms with van der Waals surface area (Å²) in [4.78, 5) is 15.1. The summed E-state index contributed by atoms with van der Waals surface area (Å²) in [6.45, 7) is 5.74. The van der Waals surface area contributed by atoms with Crippen LogP contribution in [0.3, 0.4) is 0 Å². The number of hydrogen-bond acceptors (Lipinski definition) is 2. The van der Waals surface area contributed by atoms with Crippen LogP contribution in [0.1, 0.15) is 57.9 Å². The van der Waals surface area contributed by atoms with E-state index in [-0.39, 0.29) is 5.41 Å². The van der Waals surface area contributed by atoms with E-state index in [9.17, 15) is 4.79 Å². The molecular weight excluding hydrogens is 260 g/mol. The van der Waals surface area contributed by atoms with Crippen molar-refractivity contribution in [2.45, 2.75) is 58.9 Å². The van der Waals surface area contributed by atoms with Crippen LogP contribution in [0.4, 0.5) is 5.69 Å². The van der Waals surface area contributed by atoms with Gasteiger partial charge in [0.15, 0.2) is 0 Å². The van der Waals surface area contributed by atoms with Gasteiger partial charge in [0.1, 0.15) is 0 Å². The van der Waals surface area contributed by atoms with Gasteiger partial charge in [-0.25, -0.2) is 0 Å². The Kier molecular flexibility index (Phi) is 5.27. The van der Waals surface area contributed by atoms with Gasteiger partial charge >= 0.3 is 0 Å². The van der Waals surface area contributed by atoms with E-state index >= 15 is 0 Å². The summed E-state index contributed by atoms with van der Waals surface area (Å²) < 4.78 is 0. The van der Waals surface area contributed by atoms with E-state index in [0.717, 1.165) is 43.5 Å². The number of para-hydroxylation sites is 1. The van der Waals surface area contributed by atoms with Crippen molar-refractivity contribution in [1.82, 2.24) is 4.90 Å². The standard InChI is InChI=1S/C18H28N2O/c1-3-13-20(14-15-9-5-6-10-16(15)19)17(21)18(4-2)11-7-8-12-18/h5-6,9-10H,3-4,7-8,11-14,19H2,1-2H3. The third kappa shape index (κ3) is 3.39. The second-order valence-electron chi connectivity index (χ2n) is 6.27. The molecule has 3 nitrogen and oxygen atoms in total. The first-order chi connectivity index (χ1) is 10.1. The molecule has 2 N–H and O–H groups in total. The number of rotatable bonds is 6. The summed E-state index contributed by atoms with van der Waals surface area (Å²) >= 11 is 0. The maximum atomic E-state index is 13.1. The highest BCUT2D eigenvalue weighted by Gasteiger charge is 2.41. The molecule has 116 valence electrons. The van der Waals surface area contributed by atoms with Gasteiger partial charge in [-0.3, -0.25) is 4.79 Å². The van der Waals surface area contributed by atoms with Gasteiger partial charge < -0.3 is 10.6 Å². The lowest BCUT2D eigenvalue weighted by atomic mass is 9.81.